The summed E-state index contributed by atoms with van der Waals surface area (Å²) in [4.78, 5) is 11.8. The molecule has 0 heterocycles. The Kier molecular flexibility index (Phi) is 3.87. The second kappa shape index (κ2) is 5.27. The number of alkyl halides is 2. The molecule has 1 N–H and O–H groups in total. The van der Waals surface area contributed by atoms with Crippen LogP contribution >= 0.6 is 0 Å². The van der Waals surface area contributed by atoms with Gasteiger partial charge < -0.3 is 9.47 Å². The number of ether oxygens (including phenoxy) is 2. The molecule has 0 aromatic carbocycles. The Balaban J connectivity index is 1.62. The van der Waals surface area contributed by atoms with E-state index in [1.165, 1.54) is 6.42 Å². The van der Waals surface area contributed by atoms with Crippen LogP contribution in [0.5, 0.6) is 0 Å². The zero-order chi connectivity index (χ0) is 17.0. The summed E-state index contributed by atoms with van der Waals surface area (Å²) < 4.78 is 65.1. The molecule has 4 aliphatic rings. The van der Waals surface area contributed by atoms with Crippen molar-refractivity contribution in [2.75, 3.05) is 6.61 Å². The third kappa shape index (κ3) is 2.93. The van der Waals surface area contributed by atoms with Crippen LogP contribution < -0.4 is 0 Å². The van der Waals surface area contributed by atoms with Gasteiger partial charge in [-0.1, -0.05) is 0 Å². The molecule has 23 heavy (non-hydrogen) atoms. The molecule has 6 nitrogen and oxygen atoms in total. The summed E-state index contributed by atoms with van der Waals surface area (Å²) in [6.07, 6.45) is 3.73. The SMILES string of the molecule is CC1(OC(=O)OCC(F)(F)S(=O)(=O)O)C2CC3CC(C2)CC1C3. The van der Waals surface area contributed by atoms with Crippen molar-refractivity contribution in [3.63, 3.8) is 0 Å². The lowest BCUT2D eigenvalue weighted by molar-refractivity contribution is -0.176. The summed E-state index contributed by atoms with van der Waals surface area (Å²) in [7, 11) is -5.63. The summed E-state index contributed by atoms with van der Waals surface area (Å²) in [5, 5.41) is -4.54. The molecular weight excluding hydrogens is 334 g/mol. The van der Waals surface area contributed by atoms with Gasteiger partial charge in [0.2, 0.25) is 0 Å². The minimum atomic E-state index is -5.63. The van der Waals surface area contributed by atoms with E-state index in [2.05, 4.69) is 4.74 Å². The zero-order valence-electron chi connectivity index (χ0n) is 12.7. The van der Waals surface area contributed by atoms with Gasteiger partial charge in [-0.2, -0.15) is 17.2 Å². The van der Waals surface area contributed by atoms with Crippen molar-refractivity contribution >= 4 is 16.3 Å². The fourth-order valence-corrected chi connectivity index (χ4v) is 4.92. The normalized spacial score (nSPS) is 39.3. The Morgan fingerprint density at radius 2 is 1.65 bits per heavy atom. The van der Waals surface area contributed by atoms with Crippen molar-refractivity contribution in [2.45, 2.75) is 49.9 Å². The molecule has 0 aliphatic heterocycles. The summed E-state index contributed by atoms with van der Waals surface area (Å²) in [5.74, 6) is 1.67. The number of halogens is 2. The first-order chi connectivity index (χ1) is 10.5. The van der Waals surface area contributed by atoms with Crippen molar-refractivity contribution in [3.8, 4) is 0 Å². The van der Waals surface area contributed by atoms with Gasteiger partial charge in [-0.3, -0.25) is 4.55 Å². The molecule has 4 rings (SSSR count). The first-order valence-corrected chi connectivity index (χ1v) is 9.16. The Hall–Kier alpha value is -0.960. The Labute approximate surface area is 133 Å². The van der Waals surface area contributed by atoms with Gasteiger partial charge >= 0.3 is 21.5 Å². The van der Waals surface area contributed by atoms with E-state index in [1.54, 1.807) is 0 Å². The fraction of sp³-hybridized carbons (Fsp3) is 0.929. The predicted molar refractivity (Wildman–Crippen MR) is 74.4 cm³/mol. The largest absolute Gasteiger partial charge is 0.509 e. The molecule has 0 aromatic rings. The number of carbonyl (C=O) groups excluding carboxylic acids is 1. The Morgan fingerprint density at radius 3 is 2.09 bits per heavy atom. The lowest BCUT2D eigenvalue weighted by Crippen LogP contribution is -2.58. The van der Waals surface area contributed by atoms with Gasteiger partial charge in [0.25, 0.3) is 0 Å². The molecule has 0 atom stereocenters. The summed E-state index contributed by atoms with van der Waals surface area (Å²) in [6, 6.07) is 0. The standard InChI is InChI=1S/C14H20F2O6S/c1-13(10-3-8-2-9(5-10)6-11(13)4-8)22-12(17)21-7-14(15,16)23(18,19)20/h8-11H,2-7H2,1H3,(H,18,19,20). The van der Waals surface area contributed by atoms with Crippen LogP contribution in [0.25, 0.3) is 0 Å². The van der Waals surface area contributed by atoms with Crippen LogP contribution in [0.2, 0.25) is 0 Å². The average molecular weight is 354 g/mol. The molecule has 0 saturated heterocycles. The molecule has 0 spiro atoms. The van der Waals surface area contributed by atoms with Gasteiger partial charge in [-0.05, 0) is 62.7 Å². The van der Waals surface area contributed by atoms with Gasteiger partial charge in [-0.25, -0.2) is 4.79 Å². The minimum Gasteiger partial charge on any atom is -0.427 e. The van der Waals surface area contributed by atoms with E-state index in [-0.39, 0.29) is 11.8 Å². The Bertz CT molecular complexity index is 574. The van der Waals surface area contributed by atoms with Gasteiger partial charge in [0.05, 0.1) is 0 Å². The van der Waals surface area contributed by atoms with Crippen LogP contribution in [0.15, 0.2) is 0 Å². The molecule has 0 unspecified atom stereocenters. The first-order valence-electron chi connectivity index (χ1n) is 7.72. The average Bonchev–Trinajstić information content (AvgIpc) is 2.41. The molecule has 0 radical (unpaired) electrons. The monoisotopic (exact) mass is 354 g/mol. The lowest BCUT2D eigenvalue weighted by Gasteiger charge is -2.58. The molecule has 0 amide bonds. The van der Waals surface area contributed by atoms with Crippen molar-refractivity contribution in [2.24, 2.45) is 23.7 Å². The van der Waals surface area contributed by atoms with Gasteiger partial charge in [0, 0.05) is 0 Å². The molecular formula is C14H20F2O6S. The van der Waals surface area contributed by atoms with Crippen LogP contribution in [-0.2, 0) is 19.6 Å². The van der Waals surface area contributed by atoms with Gasteiger partial charge in [-0.15, -0.1) is 0 Å². The molecule has 4 aliphatic carbocycles. The summed E-state index contributed by atoms with van der Waals surface area (Å²) >= 11 is 0. The molecule has 4 saturated carbocycles. The van der Waals surface area contributed by atoms with E-state index < -0.39 is 33.7 Å². The third-order valence-electron chi connectivity index (χ3n) is 5.80. The topological polar surface area (TPSA) is 89.9 Å². The number of rotatable bonds is 4. The highest BCUT2D eigenvalue weighted by Gasteiger charge is 2.57. The maximum Gasteiger partial charge on any atom is 0.509 e. The Morgan fingerprint density at radius 1 is 1.17 bits per heavy atom. The van der Waals surface area contributed by atoms with E-state index in [4.69, 9.17) is 9.29 Å². The van der Waals surface area contributed by atoms with Crippen molar-refractivity contribution in [1.29, 1.82) is 0 Å². The maximum atomic E-state index is 13.1. The molecule has 0 aromatic heterocycles. The highest BCUT2D eigenvalue weighted by molar-refractivity contribution is 7.86. The molecule has 4 bridgehead atoms. The van der Waals surface area contributed by atoms with E-state index in [0.29, 0.717) is 11.8 Å². The maximum absolute atomic E-state index is 13.1. The van der Waals surface area contributed by atoms with Gasteiger partial charge in [0.15, 0.2) is 6.61 Å². The molecule has 4 fully saturated rings. The first kappa shape index (κ1) is 16.9. The second-order valence-electron chi connectivity index (χ2n) is 7.24. The van der Waals surface area contributed by atoms with E-state index in [0.717, 1.165) is 25.7 Å². The number of carbonyl (C=O) groups is 1. The molecule has 9 heteroatoms. The van der Waals surface area contributed by atoms with E-state index >= 15 is 0 Å². The highest BCUT2D eigenvalue weighted by Crippen LogP contribution is 2.59. The third-order valence-corrected chi connectivity index (χ3v) is 6.67. The predicted octanol–water partition coefficient (Wildman–Crippen LogP) is 2.84. The van der Waals surface area contributed by atoms with Crippen molar-refractivity contribution < 1.29 is 36.0 Å². The van der Waals surface area contributed by atoms with Crippen LogP contribution in [0.1, 0.15) is 39.0 Å². The van der Waals surface area contributed by atoms with Crippen LogP contribution in [-0.4, -0.2) is 36.6 Å². The summed E-state index contributed by atoms with van der Waals surface area (Å²) in [5.41, 5.74) is -0.752. The van der Waals surface area contributed by atoms with Crippen molar-refractivity contribution in [3.05, 3.63) is 0 Å². The smallest absolute Gasteiger partial charge is 0.427 e. The second-order valence-corrected chi connectivity index (χ2v) is 8.79. The fourth-order valence-electron chi connectivity index (χ4n) is 4.71. The van der Waals surface area contributed by atoms with Crippen LogP contribution in [0.4, 0.5) is 13.6 Å². The number of hydrogen-bond acceptors (Lipinski definition) is 5. The van der Waals surface area contributed by atoms with Crippen molar-refractivity contribution in [1.82, 2.24) is 0 Å². The van der Waals surface area contributed by atoms with E-state index in [1.807, 2.05) is 6.92 Å². The number of hydrogen-bond donors (Lipinski definition) is 1. The molecule has 132 valence electrons. The minimum absolute atomic E-state index is 0.188. The van der Waals surface area contributed by atoms with Gasteiger partial charge in [0.1, 0.15) is 5.60 Å². The van der Waals surface area contributed by atoms with E-state index in [9.17, 15) is 22.0 Å². The lowest BCUT2D eigenvalue weighted by atomic mass is 9.50. The zero-order valence-corrected chi connectivity index (χ0v) is 13.5. The van der Waals surface area contributed by atoms with Crippen LogP contribution in [0.3, 0.4) is 0 Å². The summed E-state index contributed by atoms with van der Waals surface area (Å²) in [6.45, 7) is 0.0453. The highest BCUT2D eigenvalue weighted by atomic mass is 32.2. The van der Waals surface area contributed by atoms with Crippen LogP contribution in [0, 0.1) is 23.7 Å². The quantitative estimate of drug-likeness (QED) is 0.617.